The molecule has 0 radical (unpaired) electrons. The standard InChI is InChI=1S/C20H17ClN2O2/c21-17-12-7-13-18(14-17)22-23-19(24)20(25,15-8-3-1-4-9-15)16-10-5-2-6-11-16/h1-14,22,25H,(H,23,24). The fraction of sp³-hybridized carbons (Fsp3) is 0.0500. The fourth-order valence-corrected chi connectivity index (χ4v) is 2.76. The molecule has 4 nitrogen and oxygen atoms in total. The number of amides is 1. The molecule has 0 heterocycles. The van der Waals surface area contributed by atoms with Crippen LogP contribution in [-0.2, 0) is 10.4 Å². The highest BCUT2D eigenvalue weighted by atomic mass is 35.5. The molecule has 3 rings (SSSR count). The van der Waals surface area contributed by atoms with Crippen LogP contribution in [0.2, 0.25) is 5.02 Å². The lowest BCUT2D eigenvalue weighted by atomic mass is 9.85. The van der Waals surface area contributed by atoms with E-state index in [1.807, 2.05) is 12.1 Å². The van der Waals surface area contributed by atoms with Crippen molar-refractivity contribution in [2.45, 2.75) is 5.60 Å². The van der Waals surface area contributed by atoms with Gasteiger partial charge in [-0.05, 0) is 29.3 Å². The van der Waals surface area contributed by atoms with Gasteiger partial charge in [-0.1, -0.05) is 78.3 Å². The van der Waals surface area contributed by atoms with Crippen molar-refractivity contribution >= 4 is 23.2 Å². The van der Waals surface area contributed by atoms with Crippen LogP contribution in [0.1, 0.15) is 11.1 Å². The van der Waals surface area contributed by atoms with Crippen molar-refractivity contribution in [2.24, 2.45) is 0 Å². The van der Waals surface area contributed by atoms with Gasteiger partial charge in [-0.25, -0.2) is 0 Å². The normalized spacial score (nSPS) is 11.0. The number of carbonyl (C=O) groups is 1. The first-order chi connectivity index (χ1) is 12.1. The first-order valence-corrected chi connectivity index (χ1v) is 8.14. The molecule has 0 unspecified atom stereocenters. The van der Waals surface area contributed by atoms with Gasteiger partial charge in [0.25, 0.3) is 5.91 Å². The second kappa shape index (κ2) is 7.38. The summed E-state index contributed by atoms with van der Waals surface area (Å²) >= 11 is 5.94. The first kappa shape index (κ1) is 17.0. The summed E-state index contributed by atoms with van der Waals surface area (Å²) in [6.45, 7) is 0. The predicted octanol–water partition coefficient (Wildman–Crippen LogP) is 3.72. The molecular formula is C20H17ClN2O2. The van der Waals surface area contributed by atoms with Gasteiger partial charge in [-0.3, -0.25) is 15.6 Å². The molecular weight excluding hydrogens is 336 g/mol. The van der Waals surface area contributed by atoms with E-state index < -0.39 is 11.5 Å². The molecule has 1 amide bonds. The summed E-state index contributed by atoms with van der Waals surface area (Å²) in [5.41, 5.74) is 5.10. The number of hydrogen-bond donors (Lipinski definition) is 3. The zero-order valence-corrected chi connectivity index (χ0v) is 14.1. The number of halogens is 1. The molecule has 0 bridgehead atoms. The van der Waals surface area contributed by atoms with Gasteiger partial charge in [0, 0.05) is 5.02 Å². The van der Waals surface area contributed by atoms with Gasteiger partial charge in [-0.15, -0.1) is 0 Å². The average Bonchev–Trinajstić information content (AvgIpc) is 2.67. The van der Waals surface area contributed by atoms with Crippen LogP contribution in [0.4, 0.5) is 5.69 Å². The van der Waals surface area contributed by atoms with Gasteiger partial charge in [0.2, 0.25) is 0 Å². The number of rotatable bonds is 5. The number of benzene rings is 3. The third-order valence-corrected chi connectivity index (χ3v) is 4.09. The molecule has 0 aliphatic heterocycles. The van der Waals surface area contributed by atoms with Crippen molar-refractivity contribution in [1.29, 1.82) is 0 Å². The average molecular weight is 353 g/mol. The van der Waals surface area contributed by atoms with Gasteiger partial charge in [-0.2, -0.15) is 0 Å². The van der Waals surface area contributed by atoms with Gasteiger partial charge in [0.15, 0.2) is 5.60 Å². The Morgan fingerprint density at radius 3 is 1.92 bits per heavy atom. The molecule has 0 saturated carbocycles. The topological polar surface area (TPSA) is 61.4 Å². The van der Waals surface area contributed by atoms with Crippen LogP contribution in [-0.4, -0.2) is 11.0 Å². The number of carbonyl (C=O) groups excluding carboxylic acids is 1. The van der Waals surface area contributed by atoms with E-state index in [9.17, 15) is 9.90 Å². The first-order valence-electron chi connectivity index (χ1n) is 7.76. The fourth-order valence-electron chi connectivity index (χ4n) is 2.57. The molecule has 0 aliphatic carbocycles. The van der Waals surface area contributed by atoms with Crippen molar-refractivity contribution < 1.29 is 9.90 Å². The maximum absolute atomic E-state index is 12.9. The summed E-state index contributed by atoms with van der Waals surface area (Å²) in [5, 5.41) is 11.8. The van der Waals surface area contributed by atoms with Crippen LogP contribution in [0.5, 0.6) is 0 Å². The zero-order chi connectivity index (χ0) is 17.7. The largest absolute Gasteiger partial charge is 0.372 e. The van der Waals surface area contributed by atoms with E-state index in [-0.39, 0.29) is 0 Å². The maximum Gasteiger partial charge on any atom is 0.279 e. The van der Waals surface area contributed by atoms with Crippen molar-refractivity contribution in [3.8, 4) is 0 Å². The Morgan fingerprint density at radius 2 is 1.40 bits per heavy atom. The highest BCUT2D eigenvalue weighted by molar-refractivity contribution is 6.30. The van der Waals surface area contributed by atoms with E-state index in [2.05, 4.69) is 10.9 Å². The van der Waals surface area contributed by atoms with Crippen LogP contribution < -0.4 is 10.9 Å². The quantitative estimate of drug-likeness (QED) is 0.613. The smallest absolute Gasteiger partial charge is 0.279 e. The molecule has 3 aromatic carbocycles. The lowest BCUT2D eigenvalue weighted by Crippen LogP contribution is -2.47. The van der Waals surface area contributed by atoms with Crippen LogP contribution in [0.3, 0.4) is 0 Å². The molecule has 126 valence electrons. The second-order valence-electron chi connectivity index (χ2n) is 5.53. The minimum absolute atomic E-state index is 0.478. The number of aliphatic hydroxyl groups is 1. The maximum atomic E-state index is 12.9. The molecule has 0 fully saturated rings. The lowest BCUT2D eigenvalue weighted by Gasteiger charge is -2.28. The minimum Gasteiger partial charge on any atom is -0.372 e. The van der Waals surface area contributed by atoms with E-state index in [4.69, 9.17) is 11.6 Å². The Morgan fingerprint density at radius 1 is 0.840 bits per heavy atom. The van der Waals surface area contributed by atoms with Crippen LogP contribution in [0, 0.1) is 0 Å². The van der Waals surface area contributed by atoms with Gasteiger partial charge >= 0.3 is 0 Å². The van der Waals surface area contributed by atoms with Crippen molar-refractivity contribution in [3.05, 3.63) is 101 Å². The SMILES string of the molecule is O=C(NNc1cccc(Cl)c1)C(O)(c1ccccc1)c1ccccc1. The number of anilines is 1. The van der Waals surface area contributed by atoms with E-state index in [1.54, 1.807) is 72.8 Å². The Hall–Kier alpha value is -2.82. The number of hydrogen-bond acceptors (Lipinski definition) is 3. The van der Waals surface area contributed by atoms with Gasteiger partial charge < -0.3 is 5.11 Å². The highest BCUT2D eigenvalue weighted by Crippen LogP contribution is 2.29. The summed E-state index contributed by atoms with van der Waals surface area (Å²) in [4.78, 5) is 12.9. The van der Waals surface area contributed by atoms with E-state index >= 15 is 0 Å². The van der Waals surface area contributed by atoms with Gasteiger partial charge in [0.1, 0.15) is 0 Å². The third kappa shape index (κ3) is 3.65. The van der Waals surface area contributed by atoms with Crippen LogP contribution in [0.15, 0.2) is 84.9 Å². The summed E-state index contributed by atoms with van der Waals surface area (Å²) < 4.78 is 0. The Kier molecular flexibility index (Phi) is 5.03. The number of nitrogens with one attached hydrogen (secondary N) is 2. The summed E-state index contributed by atoms with van der Waals surface area (Å²) in [6.07, 6.45) is 0. The Balaban J connectivity index is 1.91. The number of hydrazine groups is 1. The Labute approximate surface area is 151 Å². The van der Waals surface area contributed by atoms with E-state index in [0.717, 1.165) is 0 Å². The summed E-state index contributed by atoms with van der Waals surface area (Å²) in [7, 11) is 0. The van der Waals surface area contributed by atoms with Crippen LogP contribution >= 0.6 is 11.6 Å². The molecule has 3 aromatic rings. The summed E-state index contributed by atoms with van der Waals surface area (Å²) in [5.74, 6) is -0.593. The van der Waals surface area contributed by atoms with Crippen molar-refractivity contribution in [3.63, 3.8) is 0 Å². The summed E-state index contributed by atoms with van der Waals surface area (Å²) in [6, 6.07) is 24.6. The van der Waals surface area contributed by atoms with Crippen molar-refractivity contribution in [2.75, 3.05) is 5.43 Å². The lowest BCUT2D eigenvalue weighted by molar-refractivity contribution is -0.136. The Bertz CT molecular complexity index is 814. The molecule has 3 N–H and O–H groups in total. The molecule has 25 heavy (non-hydrogen) atoms. The van der Waals surface area contributed by atoms with E-state index in [1.165, 1.54) is 0 Å². The molecule has 0 spiro atoms. The molecule has 0 atom stereocenters. The second-order valence-corrected chi connectivity index (χ2v) is 5.97. The van der Waals surface area contributed by atoms with Crippen molar-refractivity contribution in [1.82, 2.24) is 5.43 Å². The zero-order valence-electron chi connectivity index (χ0n) is 13.3. The predicted molar refractivity (Wildman–Crippen MR) is 99.1 cm³/mol. The van der Waals surface area contributed by atoms with E-state index in [0.29, 0.717) is 21.8 Å². The molecule has 0 saturated heterocycles. The molecule has 5 heteroatoms. The monoisotopic (exact) mass is 352 g/mol. The van der Waals surface area contributed by atoms with Crippen LogP contribution in [0.25, 0.3) is 0 Å². The van der Waals surface area contributed by atoms with Gasteiger partial charge in [0.05, 0.1) is 5.69 Å². The minimum atomic E-state index is -1.83. The molecule has 0 aliphatic rings. The highest BCUT2D eigenvalue weighted by Gasteiger charge is 2.39. The third-order valence-electron chi connectivity index (χ3n) is 3.86. The molecule has 0 aromatic heterocycles.